The van der Waals surface area contributed by atoms with Gasteiger partial charge in [-0.1, -0.05) is 6.07 Å². The number of rotatable bonds is 5. The molecule has 2 N–H and O–H groups in total. The first-order valence-corrected chi connectivity index (χ1v) is 6.31. The van der Waals surface area contributed by atoms with E-state index in [1.165, 1.54) is 0 Å². The van der Waals surface area contributed by atoms with Crippen LogP contribution in [-0.4, -0.2) is 35.0 Å². The van der Waals surface area contributed by atoms with Gasteiger partial charge in [-0.15, -0.1) is 0 Å². The molecule has 6 nitrogen and oxygen atoms in total. The predicted octanol–water partition coefficient (Wildman–Crippen LogP) is 0.730. The zero-order valence-electron chi connectivity index (χ0n) is 10.9. The number of nitriles is 1. The molecule has 104 valence electrons. The molecule has 0 aromatic heterocycles. The summed E-state index contributed by atoms with van der Waals surface area (Å²) in [5.41, 5.74) is 2.28. The Kier molecular flexibility index (Phi) is 4.33. The summed E-state index contributed by atoms with van der Waals surface area (Å²) in [4.78, 5) is 24.5. The third-order valence-electron chi connectivity index (χ3n) is 3.17. The molecule has 20 heavy (non-hydrogen) atoms. The van der Waals surface area contributed by atoms with Crippen LogP contribution in [0, 0.1) is 11.3 Å². The molecule has 2 rings (SSSR count). The maximum atomic E-state index is 11.6. The molecule has 1 aliphatic heterocycles. The number of carbonyl (C=O) groups excluding carboxylic acids is 1. The number of fused-ring (bicyclic) bond motifs is 1. The van der Waals surface area contributed by atoms with E-state index >= 15 is 0 Å². The van der Waals surface area contributed by atoms with Gasteiger partial charge in [-0.2, -0.15) is 5.26 Å². The number of hydrogen-bond acceptors (Lipinski definition) is 4. The maximum Gasteiger partial charge on any atom is 0.335 e. The molecular formula is C14H15N3O3. The Morgan fingerprint density at radius 3 is 2.80 bits per heavy atom. The number of carbonyl (C=O) groups is 2. The van der Waals surface area contributed by atoms with Crippen molar-refractivity contribution in [3.05, 3.63) is 34.9 Å². The van der Waals surface area contributed by atoms with Crippen molar-refractivity contribution < 1.29 is 14.7 Å². The van der Waals surface area contributed by atoms with Gasteiger partial charge in [-0.25, -0.2) is 4.79 Å². The van der Waals surface area contributed by atoms with Gasteiger partial charge in [0, 0.05) is 19.6 Å². The molecule has 0 saturated heterocycles. The van der Waals surface area contributed by atoms with Crippen molar-refractivity contribution in [1.82, 2.24) is 10.2 Å². The van der Waals surface area contributed by atoms with E-state index in [4.69, 9.17) is 10.4 Å². The van der Waals surface area contributed by atoms with E-state index in [9.17, 15) is 9.59 Å². The van der Waals surface area contributed by atoms with Gasteiger partial charge in [0.2, 0.25) is 5.91 Å². The summed E-state index contributed by atoms with van der Waals surface area (Å²) in [6, 6.07) is 7.00. The third kappa shape index (κ3) is 3.33. The smallest absolute Gasteiger partial charge is 0.335 e. The molecule has 1 aliphatic rings. The van der Waals surface area contributed by atoms with Crippen LogP contribution in [0.1, 0.15) is 27.9 Å². The van der Waals surface area contributed by atoms with E-state index in [1.54, 1.807) is 18.2 Å². The minimum atomic E-state index is -0.944. The van der Waals surface area contributed by atoms with Crippen molar-refractivity contribution in [2.75, 3.05) is 13.1 Å². The molecule has 0 spiro atoms. The fourth-order valence-corrected chi connectivity index (χ4v) is 2.23. The summed E-state index contributed by atoms with van der Waals surface area (Å²) in [7, 11) is 0. The monoisotopic (exact) mass is 273 g/mol. The molecule has 6 heteroatoms. The predicted molar refractivity (Wildman–Crippen MR) is 70.8 cm³/mol. The van der Waals surface area contributed by atoms with Crippen LogP contribution in [0.4, 0.5) is 0 Å². The van der Waals surface area contributed by atoms with Gasteiger partial charge in [0.1, 0.15) is 0 Å². The van der Waals surface area contributed by atoms with Crippen molar-refractivity contribution in [2.24, 2.45) is 0 Å². The zero-order chi connectivity index (χ0) is 14.5. The molecular weight excluding hydrogens is 258 g/mol. The van der Waals surface area contributed by atoms with Crippen LogP contribution in [0.2, 0.25) is 0 Å². The van der Waals surface area contributed by atoms with E-state index in [0.717, 1.165) is 11.1 Å². The van der Waals surface area contributed by atoms with Crippen LogP contribution in [0.25, 0.3) is 0 Å². The Bertz CT molecular complexity index is 578. The lowest BCUT2D eigenvalue weighted by molar-refractivity contribution is -0.122. The fraction of sp³-hybridized carbons (Fsp3) is 0.357. The molecule has 0 saturated carbocycles. The summed E-state index contributed by atoms with van der Waals surface area (Å²) in [6.07, 6.45) is 0.300. The van der Waals surface area contributed by atoms with Gasteiger partial charge < -0.3 is 10.4 Å². The molecule has 0 aliphatic carbocycles. The van der Waals surface area contributed by atoms with Gasteiger partial charge >= 0.3 is 5.97 Å². The van der Waals surface area contributed by atoms with Crippen LogP contribution in [0.3, 0.4) is 0 Å². The topological polar surface area (TPSA) is 93.4 Å². The average Bonchev–Trinajstić information content (AvgIpc) is 2.79. The number of hydrogen-bond donors (Lipinski definition) is 2. The standard InChI is InChI=1S/C14H15N3O3/c15-4-1-5-16-13(18)9-17-7-11-3-2-10(14(19)20)6-12(11)8-17/h2-3,6H,1,5,7-9H2,(H,16,18)(H,19,20). The molecule has 1 aromatic carbocycles. The van der Waals surface area contributed by atoms with Crippen molar-refractivity contribution in [3.8, 4) is 6.07 Å². The molecule has 0 fully saturated rings. The Morgan fingerprint density at radius 2 is 2.10 bits per heavy atom. The van der Waals surface area contributed by atoms with Crippen LogP contribution in [-0.2, 0) is 17.9 Å². The Morgan fingerprint density at radius 1 is 1.35 bits per heavy atom. The van der Waals surface area contributed by atoms with Crippen LogP contribution >= 0.6 is 0 Å². The summed E-state index contributed by atoms with van der Waals surface area (Å²) in [5.74, 6) is -1.06. The largest absolute Gasteiger partial charge is 0.478 e. The molecule has 0 bridgehead atoms. The lowest BCUT2D eigenvalue weighted by Crippen LogP contribution is -2.34. The highest BCUT2D eigenvalue weighted by Gasteiger charge is 2.21. The Hall–Kier alpha value is -2.39. The number of nitrogens with zero attached hydrogens (tertiary/aromatic N) is 2. The minimum Gasteiger partial charge on any atom is -0.478 e. The van der Waals surface area contributed by atoms with Crippen LogP contribution < -0.4 is 5.32 Å². The summed E-state index contributed by atoms with van der Waals surface area (Å²) >= 11 is 0. The van der Waals surface area contributed by atoms with Gasteiger partial charge in [0.15, 0.2) is 0 Å². The first kappa shape index (κ1) is 14.0. The SMILES string of the molecule is N#CCCNC(=O)CN1Cc2ccc(C(=O)O)cc2C1. The lowest BCUT2D eigenvalue weighted by Gasteiger charge is -2.13. The normalized spacial score (nSPS) is 13.6. The highest BCUT2D eigenvalue weighted by atomic mass is 16.4. The van der Waals surface area contributed by atoms with Gasteiger partial charge in [-0.05, 0) is 23.3 Å². The molecule has 1 amide bonds. The number of carboxylic acids is 1. The number of nitrogens with one attached hydrogen (secondary N) is 1. The van der Waals surface area contributed by atoms with Crippen LogP contribution in [0.15, 0.2) is 18.2 Å². The fourth-order valence-electron chi connectivity index (χ4n) is 2.23. The lowest BCUT2D eigenvalue weighted by atomic mass is 10.1. The number of benzene rings is 1. The van der Waals surface area contributed by atoms with E-state index in [2.05, 4.69) is 5.32 Å². The van der Waals surface area contributed by atoms with E-state index < -0.39 is 5.97 Å². The van der Waals surface area contributed by atoms with Crippen molar-refractivity contribution in [2.45, 2.75) is 19.5 Å². The second-order valence-corrected chi connectivity index (χ2v) is 4.69. The zero-order valence-corrected chi connectivity index (χ0v) is 10.9. The summed E-state index contributed by atoms with van der Waals surface area (Å²) in [5, 5.41) is 20.0. The third-order valence-corrected chi connectivity index (χ3v) is 3.17. The van der Waals surface area contributed by atoms with Crippen molar-refractivity contribution >= 4 is 11.9 Å². The molecule has 1 heterocycles. The first-order chi connectivity index (χ1) is 9.60. The van der Waals surface area contributed by atoms with Crippen molar-refractivity contribution in [1.29, 1.82) is 5.26 Å². The van der Waals surface area contributed by atoms with Gasteiger partial charge in [0.25, 0.3) is 0 Å². The highest BCUT2D eigenvalue weighted by Crippen LogP contribution is 2.23. The highest BCUT2D eigenvalue weighted by molar-refractivity contribution is 5.88. The molecule has 0 radical (unpaired) electrons. The van der Waals surface area contributed by atoms with Crippen LogP contribution in [0.5, 0.6) is 0 Å². The number of amides is 1. The molecule has 1 aromatic rings. The Labute approximate surface area is 116 Å². The molecule has 0 unspecified atom stereocenters. The maximum absolute atomic E-state index is 11.6. The summed E-state index contributed by atoms with van der Waals surface area (Å²) < 4.78 is 0. The van der Waals surface area contributed by atoms with E-state index in [-0.39, 0.29) is 18.0 Å². The number of aromatic carboxylic acids is 1. The van der Waals surface area contributed by atoms with Crippen molar-refractivity contribution in [3.63, 3.8) is 0 Å². The van der Waals surface area contributed by atoms with Gasteiger partial charge in [-0.3, -0.25) is 9.69 Å². The van der Waals surface area contributed by atoms with E-state index in [0.29, 0.717) is 26.1 Å². The first-order valence-electron chi connectivity index (χ1n) is 6.31. The quantitative estimate of drug-likeness (QED) is 0.771. The Balaban J connectivity index is 1.91. The average molecular weight is 273 g/mol. The van der Waals surface area contributed by atoms with E-state index in [1.807, 2.05) is 11.0 Å². The molecule has 0 atom stereocenters. The number of carboxylic acid groups (broad SMARTS) is 1. The second-order valence-electron chi connectivity index (χ2n) is 4.69. The summed E-state index contributed by atoms with van der Waals surface area (Å²) in [6.45, 7) is 1.82. The second kappa shape index (κ2) is 6.17. The van der Waals surface area contributed by atoms with Gasteiger partial charge in [0.05, 0.1) is 24.6 Å². The minimum absolute atomic E-state index is 0.119.